The minimum Gasteiger partial charge on any atom is -0.457 e. The van der Waals surface area contributed by atoms with Gasteiger partial charge in [-0.2, -0.15) is 10.4 Å². The Labute approximate surface area is 359 Å². The Morgan fingerprint density at radius 2 is 1.59 bits per heavy atom. The highest BCUT2D eigenvalue weighted by molar-refractivity contribution is 6.99. The summed E-state index contributed by atoms with van der Waals surface area (Å²) in [7, 11) is -3.16. The zero-order valence-corrected chi connectivity index (χ0v) is 37.5. The first-order valence-corrected chi connectivity index (χ1v) is 23.2. The zero-order chi connectivity index (χ0) is 44.2. The molecule has 4 aromatic rings. The number of nitrogens with zero attached hydrogens (tertiary/aromatic N) is 4. The largest absolute Gasteiger partial charge is 0.457 e. The van der Waals surface area contributed by atoms with E-state index < -0.39 is 66.9 Å². The number of carbonyl (C=O) groups excluding carboxylic acids is 3. The number of hydrogen-bond donors (Lipinski definition) is 3. The number of benzene rings is 2. The second-order valence-electron chi connectivity index (χ2n) is 18.6. The van der Waals surface area contributed by atoms with Crippen LogP contribution in [0.5, 0.6) is 0 Å². The van der Waals surface area contributed by atoms with Gasteiger partial charge in [0.25, 0.3) is 8.32 Å². The number of rotatable bonds is 13. The van der Waals surface area contributed by atoms with Crippen LogP contribution in [0.1, 0.15) is 99.6 Å². The molecule has 0 bridgehead atoms. The summed E-state index contributed by atoms with van der Waals surface area (Å²) in [4.78, 5) is 44.4. The predicted molar refractivity (Wildman–Crippen MR) is 232 cm³/mol. The minimum atomic E-state index is -3.16. The van der Waals surface area contributed by atoms with Gasteiger partial charge in [-0.1, -0.05) is 115 Å². The Balaban J connectivity index is 1.36. The van der Waals surface area contributed by atoms with Crippen LogP contribution < -0.4 is 21.0 Å². The Morgan fingerprint density at radius 3 is 2.15 bits per heavy atom. The molecule has 2 amide bonds. The SMILES string of the molecule is CC(C)[C@H](NC(=O)OC(C)(C)C)C(=O)Nc1ncnn2c([C@]3(C#N)O[C@H](CO[Si](c4ccccc4)(c4ccccc4)C(C)(C)C)[C@@H](OC(=O)CC4CCCCC4)[C@H]3O)ccc12. The number of aliphatic hydroxyl groups excluding tert-OH is 1. The standard InChI is InChI=1S/C46H60N6O8Si/c1-30(2)38(50-43(56)60-44(3,4)5)42(55)51-41-34-24-25-36(52(34)49-29-48-41)46(28-47)40(54)39(58-37(53)26-31-18-12-9-13-19-31)35(59-46)27-57-61(45(6,7)8,32-20-14-10-15-21-32)33-22-16-11-17-23-33/h10-11,14-17,20-25,29-31,35,38-40,54H,9,12-13,18-19,26-27H2,1-8H3,(H,50,56)(H,48,49,51,55)/t35-,38+,39-,40-,46+/m1/s1. The monoisotopic (exact) mass is 852 g/mol. The fourth-order valence-corrected chi connectivity index (χ4v) is 13.3. The highest BCUT2D eigenvalue weighted by Crippen LogP contribution is 2.44. The van der Waals surface area contributed by atoms with E-state index in [1.54, 1.807) is 46.8 Å². The lowest BCUT2D eigenvalue weighted by molar-refractivity contribution is -0.157. The van der Waals surface area contributed by atoms with Crippen molar-refractivity contribution in [2.24, 2.45) is 11.8 Å². The van der Waals surface area contributed by atoms with Crippen LogP contribution in [0.15, 0.2) is 79.1 Å². The average Bonchev–Trinajstić information content (AvgIpc) is 3.76. The zero-order valence-electron chi connectivity index (χ0n) is 36.5. The van der Waals surface area contributed by atoms with Gasteiger partial charge in [-0.25, -0.2) is 14.3 Å². The molecule has 326 valence electrons. The molecule has 2 fully saturated rings. The second kappa shape index (κ2) is 18.5. The average molecular weight is 853 g/mol. The van der Waals surface area contributed by atoms with Crippen LogP contribution in [0, 0.1) is 23.2 Å². The number of nitrogens with one attached hydrogen (secondary N) is 2. The lowest BCUT2D eigenvalue weighted by Crippen LogP contribution is -2.67. The predicted octanol–water partition coefficient (Wildman–Crippen LogP) is 6.15. The van der Waals surface area contributed by atoms with E-state index in [1.807, 2.05) is 36.4 Å². The van der Waals surface area contributed by atoms with E-state index in [2.05, 4.69) is 71.8 Å². The van der Waals surface area contributed by atoms with Crippen LogP contribution in [-0.4, -0.2) is 82.6 Å². The lowest BCUT2D eigenvalue weighted by atomic mass is 9.87. The van der Waals surface area contributed by atoms with E-state index in [1.165, 1.54) is 10.8 Å². The van der Waals surface area contributed by atoms with Gasteiger partial charge < -0.3 is 34.4 Å². The van der Waals surface area contributed by atoms with Crippen molar-refractivity contribution in [1.29, 1.82) is 5.26 Å². The summed E-state index contributed by atoms with van der Waals surface area (Å²) in [6, 6.07) is 24.5. The topological polar surface area (TPSA) is 186 Å². The van der Waals surface area contributed by atoms with Crippen LogP contribution in [-0.2, 0) is 33.8 Å². The first-order chi connectivity index (χ1) is 28.9. The van der Waals surface area contributed by atoms with E-state index >= 15 is 0 Å². The molecule has 6 rings (SSSR count). The van der Waals surface area contributed by atoms with Crippen LogP contribution >= 0.6 is 0 Å². The number of alkyl carbamates (subject to hydrolysis) is 1. The second-order valence-corrected chi connectivity index (χ2v) is 22.9. The smallest absolute Gasteiger partial charge is 0.408 e. The van der Waals surface area contributed by atoms with Crippen LogP contribution in [0.25, 0.3) is 5.52 Å². The summed E-state index contributed by atoms with van der Waals surface area (Å²) in [6.45, 7) is 15.1. The van der Waals surface area contributed by atoms with E-state index in [0.717, 1.165) is 42.5 Å². The summed E-state index contributed by atoms with van der Waals surface area (Å²) >= 11 is 0. The molecule has 1 saturated heterocycles. The molecule has 2 aromatic carbocycles. The first kappa shape index (κ1) is 45.4. The molecule has 0 radical (unpaired) electrons. The van der Waals surface area contributed by atoms with Crippen molar-refractivity contribution in [3.05, 3.63) is 84.8 Å². The fourth-order valence-electron chi connectivity index (χ4n) is 8.71. The molecule has 3 N–H and O–H groups in total. The minimum absolute atomic E-state index is 0.0884. The number of anilines is 1. The molecular formula is C46H60N6O8Si. The van der Waals surface area contributed by atoms with Crippen LogP contribution in [0.3, 0.4) is 0 Å². The highest BCUT2D eigenvalue weighted by Gasteiger charge is 2.61. The molecule has 2 aromatic heterocycles. The van der Waals surface area contributed by atoms with Gasteiger partial charge in [0, 0.05) is 6.42 Å². The third-order valence-electron chi connectivity index (χ3n) is 11.6. The Bertz CT molecular complexity index is 2150. The summed E-state index contributed by atoms with van der Waals surface area (Å²) in [5, 5.41) is 34.9. The molecule has 1 saturated carbocycles. The molecule has 61 heavy (non-hydrogen) atoms. The molecule has 14 nitrogen and oxygen atoms in total. The number of fused-ring (bicyclic) bond motifs is 1. The molecular weight excluding hydrogens is 793 g/mol. The molecule has 5 atom stereocenters. The maximum absolute atomic E-state index is 13.7. The van der Waals surface area contributed by atoms with Crippen molar-refractivity contribution in [1.82, 2.24) is 19.9 Å². The Kier molecular flexibility index (Phi) is 13.7. The van der Waals surface area contributed by atoms with Gasteiger partial charge in [0.05, 0.1) is 12.3 Å². The molecule has 0 spiro atoms. The first-order valence-electron chi connectivity index (χ1n) is 21.3. The van der Waals surface area contributed by atoms with E-state index in [4.69, 9.17) is 18.6 Å². The molecule has 1 aliphatic carbocycles. The van der Waals surface area contributed by atoms with Crippen molar-refractivity contribution in [3.8, 4) is 6.07 Å². The van der Waals surface area contributed by atoms with E-state index in [-0.39, 0.29) is 41.9 Å². The maximum Gasteiger partial charge on any atom is 0.408 e. The van der Waals surface area contributed by atoms with Crippen molar-refractivity contribution < 1.29 is 38.1 Å². The van der Waals surface area contributed by atoms with Gasteiger partial charge in [0.1, 0.15) is 41.8 Å². The van der Waals surface area contributed by atoms with Crippen LogP contribution in [0.4, 0.5) is 10.6 Å². The van der Waals surface area contributed by atoms with Gasteiger partial charge >= 0.3 is 12.1 Å². The van der Waals surface area contributed by atoms with Crippen molar-refractivity contribution >= 4 is 48.0 Å². The fraction of sp³-hybridized carbons (Fsp3) is 0.522. The third-order valence-corrected chi connectivity index (χ3v) is 16.6. The number of esters is 1. The molecule has 0 unspecified atom stereocenters. The van der Waals surface area contributed by atoms with E-state index in [9.17, 15) is 24.8 Å². The number of ether oxygens (including phenoxy) is 3. The highest BCUT2D eigenvalue weighted by atomic mass is 28.4. The number of hydrogen-bond acceptors (Lipinski definition) is 11. The maximum atomic E-state index is 13.7. The number of nitriles is 1. The number of carbonyl (C=O) groups is 3. The van der Waals surface area contributed by atoms with Crippen molar-refractivity contribution in [2.45, 2.75) is 135 Å². The third kappa shape index (κ3) is 9.68. The molecule has 1 aliphatic heterocycles. The van der Waals surface area contributed by atoms with Gasteiger partial charge in [0.2, 0.25) is 11.5 Å². The number of amides is 2. The number of aliphatic hydroxyl groups is 1. The van der Waals surface area contributed by atoms with Gasteiger partial charge in [-0.05, 0) is 73.0 Å². The lowest BCUT2D eigenvalue weighted by Gasteiger charge is -2.43. The normalized spacial score (nSPS) is 21.8. The Hall–Kier alpha value is -5.14. The molecule has 15 heteroatoms. The van der Waals surface area contributed by atoms with Crippen molar-refractivity contribution in [2.75, 3.05) is 11.9 Å². The quantitative estimate of drug-likeness (QED) is 0.103. The van der Waals surface area contributed by atoms with Gasteiger partial charge in [0.15, 0.2) is 11.9 Å². The summed E-state index contributed by atoms with van der Waals surface area (Å²) < 4.78 is 26.9. The van der Waals surface area contributed by atoms with Gasteiger partial charge in [-0.15, -0.1) is 0 Å². The van der Waals surface area contributed by atoms with E-state index in [0.29, 0.717) is 0 Å². The van der Waals surface area contributed by atoms with Crippen molar-refractivity contribution in [3.63, 3.8) is 0 Å². The summed E-state index contributed by atoms with van der Waals surface area (Å²) in [5.41, 5.74) is -2.46. The Morgan fingerprint density at radius 1 is 0.967 bits per heavy atom. The summed E-state index contributed by atoms with van der Waals surface area (Å²) in [5.74, 6) is -1.09. The van der Waals surface area contributed by atoms with Gasteiger partial charge in [-0.3, -0.25) is 9.59 Å². The van der Waals surface area contributed by atoms with Crippen LogP contribution in [0.2, 0.25) is 5.04 Å². The number of aromatic nitrogens is 3. The molecule has 3 heterocycles. The summed E-state index contributed by atoms with van der Waals surface area (Å²) in [6.07, 6.45) is 1.68. The molecule has 2 aliphatic rings.